The number of nitrogens with one attached hydrogen (secondary N) is 2. The molecule has 0 spiro atoms. The van der Waals surface area contributed by atoms with Crippen LogP contribution in [0.5, 0.6) is 0 Å². The van der Waals surface area contributed by atoms with Crippen LogP contribution in [0.4, 0.5) is 11.5 Å². The van der Waals surface area contributed by atoms with Crippen LogP contribution in [0.1, 0.15) is 10.4 Å². The molecule has 7 heteroatoms. The SMILES string of the molecule is O=C(O)c1ccc(-c2cc3ncnc(Nc4ccc5[nH]ccc5c4)c3s2)cc1. The van der Waals surface area contributed by atoms with Gasteiger partial charge in [0, 0.05) is 27.7 Å². The molecule has 0 radical (unpaired) electrons. The van der Waals surface area contributed by atoms with Crippen molar-refractivity contribution in [2.24, 2.45) is 0 Å². The van der Waals surface area contributed by atoms with Crippen molar-refractivity contribution in [1.82, 2.24) is 15.0 Å². The van der Waals surface area contributed by atoms with Gasteiger partial charge in [-0.05, 0) is 48.0 Å². The van der Waals surface area contributed by atoms with E-state index in [0.717, 1.165) is 43.1 Å². The van der Waals surface area contributed by atoms with Crippen molar-refractivity contribution < 1.29 is 9.90 Å². The highest BCUT2D eigenvalue weighted by Crippen LogP contribution is 2.36. The molecule has 2 aromatic carbocycles. The van der Waals surface area contributed by atoms with Gasteiger partial charge in [0.1, 0.15) is 6.33 Å². The lowest BCUT2D eigenvalue weighted by atomic mass is 10.1. The average molecular weight is 386 g/mol. The topological polar surface area (TPSA) is 90.9 Å². The lowest BCUT2D eigenvalue weighted by Crippen LogP contribution is -1.94. The Kier molecular flexibility index (Phi) is 3.80. The Morgan fingerprint density at radius 1 is 1.04 bits per heavy atom. The van der Waals surface area contributed by atoms with Crippen molar-refractivity contribution in [3.63, 3.8) is 0 Å². The molecule has 3 aromatic heterocycles. The van der Waals surface area contributed by atoms with Crippen LogP contribution < -0.4 is 5.32 Å². The minimum absolute atomic E-state index is 0.271. The van der Waals surface area contributed by atoms with E-state index >= 15 is 0 Å². The summed E-state index contributed by atoms with van der Waals surface area (Å²) in [6.07, 6.45) is 3.46. The van der Waals surface area contributed by atoms with E-state index in [1.165, 1.54) is 0 Å². The van der Waals surface area contributed by atoms with Crippen LogP contribution in [0.25, 0.3) is 31.6 Å². The number of fused-ring (bicyclic) bond motifs is 2. The lowest BCUT2D eigenvalue weighted by Gasteiger charge is -2.06. The molecule has 0 saturated carbocycles. The van der Waals surface area contributed by atoms with Gasteiger partial charge in [-0.15, -0.1) is 11.3 Å². The molecule has 0 unspecified atom stereocenters. The van der Waals surface area contributed by atoms with Crippen molar-refractivity contribution in [3.8, 4) is 10.4 Å². The molecule has 0 aliphatic carbocycles. The van der Waals surface area contributed by atoms with Gasteiger partial charge in [-0.25, -0.2) is 14.8 Å². The quantitative estimate of drug-likeness (QED) is 0.391. The highest BCUT2D eigenvalue weighted by molar-refractivity contribution is 7.22. The number of H-pyrrole nitrogens is 1. The predicted molar refractivity (Wildman–Crippen MR) is 111 cm³/mol. The van der Waals surface area contributed by atoms with E-state index in [2.05, 4.69) is 26.3 Å². The van der Waals surface area contributed by atoms with E-state index in [1.54, 1.807) is 29.8 Å². The molecule has 0 bridgehead atoms. The van der Waals surface area contributed by atoms with Crippen LogP contribution in [0.15, 0.2) is 67.1 Å². The molecule has 0 amide bonds. The number of aromatic nitrogens is 3. The maximum absolute atomic E-state index is 11.0. The first-order chi connectivity index (χ1) is 13.7. The number of carbonyl (C=O) groups is 1. The van der Waals surface area contributed by atoms with Crippen LogP contribution in [0, 0.1) is 0 Å². The number of hydrogen-bond donors (Lipinski definition) is 3. The number of carboxylic acids is 1. The minimum Gasteiger partial charge on any atom is -0.478 e. The van der Waals surface area contributed by atoms with Crippen molar-refractivity contribution in [1.29, 1.82) is 0 Å². The third-order valence-corrected chi connectivity index (χ3v) is 5.72. The number of anilines is 2. The molecule has 3 N–H and O–H groups in total. The molecule has 0 atom stereocenters. The molecule has 0 aliphatic heterocycles. The first-order valence-corrected chi connectivity index (χ1v) is 9.41. The van der Waals surface area contributed by atoms with E-state index in [1.807, 2.05) is 42.6 Å². The fourth-order valence-electron chi connectivity index (χ4n) is 3.13. The average Bonchev–Trinajstić information content (AvgIpc) is 3.35. The molecule has 5 rings (SSSR count). The smallest absolute Gasteiger partial charge is 0.335 e. The Hall–Kier alpha value is -3.71. The van der Waals surface area contributed by atoms with Gasteiger partial charge in [-0.1, -0.05) is 12.1 Å². The van der Waals surface area contributed by atoms with Crippen molar-refractivity contribution in [3.05, 3.63) is 72.7 Å². The van der Waals surface area contributed by atoms with Gasteiger partial charge < -0.3 is 15.4 Å². The number of hydrogen-bond acceptors (Lipinski definition) is 5. The number of aromatic carboxylic acids is 1. The van der Waals surface area contributed by atoms with Gasteiger partial charge in [0.15, 0.2) is 5.82 Å². The summed E-state index contributed by atoms with van der Waals surface area (Å²) in [5, 5.41) is 13.6. The Labute approximate surface area is 163 Å². The number of nitrogens with zero attached hydrogens (tertiary/aromatic N) is 2. The molecular formula is C21H14N4O2S. The summed E-state index contributed by atoms with van der Waals surface area (Å²) in [6.45, 7) is 0. The number of carboxylic acid groups (broad SMARTS) is 1. The maximum atomic E-state index is 11.0. The number of benzene rings is 2. The zero-order valence-corrected chi connectivity index (χ0v) is 15.3. The van der Waals surface area contributed by atoms with E-state index < -0.39 is 5.97 Å². The number of thiophene rings is 1. The summed E-state index contributed by atoms with van der Waals surface area (Å²) in [6, 6.07) is 17.0. The second kappa shape index (κ2) is 6.47. The third kappa shape index (κ3) is 2.87. The molecule has 6 nitrogen and oxygen atoms in total. The molecule has 28 heavy (non-hydrogen) atoms. The molecular weight excluding hydrogens is 372 g/mol. The lowest BCUT2D eigenvalue weighted by molar-refractivity contribution is 0.0697. The summed E-state index contributed by atoms with van der Waals surface area (Å²) in [5.74, 6) is -0.182. The Bertz CT molecular complexity index is 1320. The summed E-state index contributed by atoms with van der Waals surface area (Å²) in [4.78, 5) is 24.0. The van der Waals surface area contributed by atoms with Gasteiger partial charge >= 0.3 is 5.97 Å². The zero-order valence-electron chi connectivity index (χ0n) is 14.5. The first kappa shape index (κ1) is 16.5. The summed E-state index contributed by atoms with van der Waals surface area (Å²) in [5.41, 5.74) is 4.11. The maximum Gasteiger partial charge on any atom is 0.335 e. The van der Waals surface area contributed by atoms with Crippen molar-refractivity contribution >= 4 is 49.9 Å². The number of aromatic amines is 1. The molecule has 0 fully saturated rings. The van der Waals surface area contributed by atoms with Crippen LogP contribution in [-0.2, 0) is 0 Å². The van der Waals surface area contributed by atoms with Gasteiger partial charge in [0.25, 0.3) is 0 Å². The summed E-state index contributed by atoms with van der Waals surface area (Å²) >= 11 is 1.57. The second-order valence-corrected chi connectivity index (χ2v) is 7.39. The van der Waals surface area contributed by atoms with Crippen molar-refractivity contribution in [2.75, 3.05) is 5.32 Å². The fourth-order valence-corrected chi connectivity index (χ4v) is 4.19. The fraction of sp³-hybridized carbons (Fsp3) is 0. The zero-order chi connectivity index (χ0) is 19.1. The highest BCUT2D eigenvalue weighted by atomic mass is 32.1. The van der Waals surface area contributed by atoms with Crippen LogP contribution in [-0.4, -0.2) is 26.0 Å². The van der Waals surface area contributed by atoms with Crippen LogP contribution in [0.2, 0.25) is 0 Å². The Morgan fingerprint density at radius 2 is 1.89 bits per heavy atom. The standard InChI is InChI=1S/C21H14N4O2S/c26-21(27)13-3-1-12(2-4-13)18-10-17-19(28-18)20(24-11-23-17)25-15-5-6-16-14(9-15)7-8-22-16/h1-11,22H,(H,26,27)(H,23,24,25). The van der Waals surface area contributed by atoms with Gasteiger partial charge in [-0.2, -0.15) is 0 Å². The minimum atomic E-state index is -0.931. The van der Waals surface area contributed by atoms with E-state index in [-0.39, 0.29) is 5.56 Å². The summed E-state index contributed by atoms with van der Waals surface area (Å²) < 4.78 is 0.953. The second-order valence-electron chi connectivity index (χ2n) is 6.33. The predicted octanol–water partition coefficient (Wildman–Crippen LogP) is 5.28. The third-order valence-electron chi connectivity index (χ3n) is 4.54. The first-order valence-electron chi connectivity index (χ1n) is 8.60. The number of rotatable bonds is 4. The van der Waals surface area contributed by atoms with Crippen LogP contribution in [0.3, 0.4) is 0 Å². The molecule has 0 aliphatic rings. The van der Waals surface area contributed by atoms with Gasteiger partial charge in [0.2, 0.25) is 0 Å². The van der Waals surface area contributed by atoms with Crippen molar-refractivity contribution in [2.45, 2.75) is 0 Å². The van der Waals surface area contributed by atoms with Gasteiger partial charge in [0.05, 0.1) is 15.8 Å². The Morgan fingerprint density at radius 3 is 2.71 bits per heavy atom. The molecule has 136 valence electrons. The molecule has 0 saturated heterocycles. The highest BCUT2D eigenvalue weighted by Gasteiger charge is 2.12. The van der Waals surface area contributed by atoms with E-state index in [4.69, 9.17) is 5.11 Å². The van der Waals surface area contributed by atoms with E-state index in [9.17, 15) is 4.79 Å². The van der Waals surface area contributed by atoms with Crippen LogP contribution >= 0.6 is 11.3 Å². The monoisotopic (exact) mass is 386 g/mol. The molecule has 3 heterocycles. The van der Waals surface area contributed by atoms with E-state index in [0.29, 0.717) is 0 Å². The molecule has 5 aromatic rings. The normalized spacial score (nSPS) is 11.1. The Balaban J connectivity index is 1.52. The summed E-state index contributed by atoms with van der Waals surface area (Å²) in [7, 11) is 0. The largest absolute Gasteiger partial charge is 0.478 e. The van der Waals surface area contributed by atoms with Gasteiger partial charge in [-0.3, -0.25) is 0 Å².